The standard InChI is InChI=1S/C29H33N5O6S/c1-6-39-20(4)32-29(35)26-13-9-12-25(28(26)38-5)24-15-14-23(41(30,36)37)17-27(24)33-18-31-19(3)34(33)21-10-8-11-22(16-21)40-7-2/h8-17H,6-7,18H2,1-5H3,(H2,30,36,37). The van der Waals surface area contributed by atoms with Gasteiger partial charge in [0.15, 0.2) is 5.90 Å². The van der Waals surface area contributed by atoms with Gasteiger partial charge in [-0.2, -0.15) is 4.99 Å². The zero-order valence-electron chi connectivity index (χ0n) is 23.6. The molecule has 1 aliphatic heterocycles. The third-order valence-electron chi connectivity index (χ3n) is 6.28. The molecule has 3 aromatic carbocycles. The Hall–Kier alpha value is -4.42. The number of nitrogens with two attached hydrogens (primary N) is 1. The van der Waals surface area contributed by atoms with Crippen LogP contribution >= 0.6 is 0 Å². The fourth-order valence-corrected chi connectivity index (χ4v) is 5.10. The Morgan fingerprint density at radius 1 is 1.05 bits per heavy atom. The SMILES string of the molecule is CCOC(C)=NC(=O)c1cccc(-c2ccc(S(N)(=O)=O)cc2N2CN=C(C)N2c2cccc(OCC)c2)c1OC. The van der Waals surface area contributed by atoms with Gasteiger partial charge in [-0.15, -0.1) is 0 Å². The molecule has 4 rings (SSSR count). The second-order valence-electron chi connectivity index (χ2n) is 8.97. The van der Waals surface area contributed by atoms with E-state index in [1.165, 1.54) is 19.2 Å². The Balaban J connectivity index is 1.91. The molecule has 0 atom stereocenters. The van der Waals surface area contributed by atoms with Gasteiger partial charge < -0.3 is 14.2 Å². The zero-order valence-corrected chi connectivity index (χ0v) is 24.4. The van der Waals surface area contributed by atoms with E-state index < -0.39 is 15.9 Å². The maximum Gasteiger partial charge on any atom is 0.283 e. The molecule has 1 aliphatic rings. The zero-order chi connectivity index (χ0) is 29.7. The van der Waals surface area contributed by atoms with E-state index in [4.69, 9.17) is 19.3 Å². The number of carbonyl (C=O) groups excluding carboxylic acids is 1. The molecule has 11 nitrogen and oxygen atoms in total. The van der Waals surface area contributed by atoms with Crippen molar-refractivity contribution in [2.24, 2.45) is 15.1 Å². The molecule has 41 heavy (non-hydrogen) atoms. The molecule has 3 aromatic rings. The number of nitrogens with zero attached hydrogens (tertiary/aromatic N) is 4. The second-order valence-corrected chi connectivity index (χ2v) is 10.5. The first-order chi connectivity index (χ1) is 19.6. The number of amidine groups is 1. The number of benzene rings is 3. The Labute approximate surface area is 239 Å². The summed E-state index contributed by atoms with van der Waals surface area (Å²) in [6.45, 7) is 8.25. The molecule has 0 unspecified atom stereocenters. The number of hydrogen-bond donors (Lipinski definition) is 1. The van der Waals surface area contributed by atoms with Gasteiger partial charge in [-0.05, 0) is 51.1 Å². The molecular formula is C29H33N5O6S. The summed E-state index contributed by atoms with van der Waals surface area (Å²) >= 11 is 0. The summed E-state index contributed by atoms with van der Waals surface area (Å²) in [6.07, 6.45) is 0. The molecule has 1 amide bonds. The van der Waals surface area contributed by atoms with E-state index >= 15 is 0 Å². The number of carbonyl (C=O) groups is 1. The van der Waals surface area contributed by atoms with Gasteiger partial charge in [0, 0.05) is 24.1 Å². The van der Waals surface area contributed by atoms with Crippen LogP contribution in [0, 0.1) is 0 Å². The highest BCUT2D eigenvalue weighted by Crippen LogP contribution is 2.42. The van der Waals surface area contributed by atoms with Crippen molar-refractivity contribution in [3.05, 3.63) is 66.2 Å². The van der Waals surface area contributed by atoms with E-state index in [2.05, 4.69) is 9.98 Å². The second kappa shape index (κ2) is 12.4. The van der Waals surface area contributed by atoms with Crippen molar-refractivity contribution in [2.75, 3.05) is 37.0 Å². The van der Waals surface area contributed by atoms with Crippen molar-refractivity contribution in [1.29, 1.82) is 0 Å². The van der Waals surface area contributed by atoms with Crippen molar-refractivity contribution < 1.29 is 27.4 Å². The van der Waals surface area contributed by atoms with Gasteiger partial charge in [-0.3, -0.25) is 9.80 Å². The van der Waals surface area contributed by atoms with Crippen LogP contribution in [0.3, 0.4) is 0 Å². The van der Waals surface area contributed by atoms with Crippen LogP contribution in [0.5, 0.6) is 11.5 Å². The van der Waals surface area contributed by atoms with Crippen LogP contribution in [0.25, 0.3) is 11.1 Å². The Morgan fingerprint density at radius 3 is 2.49 bits per heavy atom. The predicted molar refractivity (Wildman–Crippen MR) is 159 cm³/mol. The lowest BCUT2D eigenvalue weighted by atomic mass is 9.99. The van der Waals surface area contributed by atoms with E-state index in [1.807, 2.05) is 48.1 Å². The van der Waals surface area contributed by atoms with Gasteiger partial charge in [0.25, 0.3) is 5.91 Å². The van der Waals surface area contributed by atoms with Crippen LogP contribution < -0.4 is 24.6 Å². The quantitative estimate of drug-likeness (QED) is 0.287. The highest BCUT2D eigenvalue weighted by Gasteiger charge is 2.30. The number of hydrazine groups is 1. The Kier molecular flexibility index (Phi) is 8.94. The molecule has 0 saturated heterocycles. The Morgan fingerprint density at radius 2 is 1.80 bits per heavy atom. The van der Waals surface area contributed by atoms with Crippen molar-refractivity contribution in [1.82, 2.24) is 0 Å². The first-order valence-electron chi connectivity index (χ1n) is 13.0. The number of rotatable bonds is 9. The third-order valence-corrected chi connectivity index (χ3v) is 7.19. The van der Waals surface area contributed by atoms with Crippen LogP contribution in [0.4, 0.5) is 11.4 Å². The molecule has 1 heterocycles. The maximum absolute atomic E-state index is 13.1. The summed E-state index contributed by atoms with van der Waals surface area (Å²) in [6, 6.07) is 17.2. The van der Waals surface area contributed by atoms with Crippen molar-refractivity contribution in [3.63, 3.8) is 0 Å². The van der Waals surface area contributed by atoms with E-state index in [9.17, 15) is 13.2 Å². The minimum atomic E-state index is -4.04. The van der Waals surface area contributed by atoms with E-state index in [-0.39, 0.29) is 28.8 Å². The molecule has 0 radical (unpaired) electrons. The predicted octanol–water partition coefficient (Wildman–Crippen LogP) is 4.62. The van der Waals surface area contributed by atoms with E-state index in [0.29, 0.717) is 41.6 Å². The summed E-state index contributed by atoms with van der Waals surface area (Å²) in [4.78, 5) is 21.7. The number of para-hydroxylation sites is 1. The average molecular weight is 580 g/mol. The summed E-state index contributed by atoms with van der Waals surface area (Å²) in [7, 11) is -2.58. The highest BCUT2D eigenvalue weighted by atomic mass is 32.2. The molecule has 0 saturated carbocycles. The third kappa shape index (κ3) is 6.34. The van der Waals surface area contributed by atoms with Gasteiger partial charge in [0.2, 0.25) is 10.0 Å². The highest BCUT2D eigenvalue weighted by molar-refractivity contribution is 7.89. The number of sulfonamides is 1. The van der Waals surface area contributed by atoms with E-state index in [0.717, 1.165) is 5.69 Å². The van der Waals surface area contributed by atoms with Crippen LogP contribution in [-0.2, 0) is 14.8 Å². The first-order valence-corrected chi connectivity index (χ1v) is 14.5. The number of methoxy groups -OCH3 is 1. The largest absolute Gasteiger partial charge is 0.495 e. The van der Waals surface area contributed by atoms with Gasteiger partial charge in [0.05, 0.1) is 42.2 Å². The minimum absolute atomic E-state index is 0.0769. The van der Waals surface area contributed by atoms with E-state index in [1.54, 1.807) is 38.1 Å². The Bertz CT molecular complexity index is 1620. The number of ether oxygens (including phenoxy) is 3. The van der Waals surface area contributed by atoms with Crippen LogP contribution in [0.15, 0.2) is 75.5 Å². The van der Waals surface area contributed by atoms with Crippen molar-refractivity contribution in [2.45, 2.75) is 32.6 Å². The lowest BCUT2D eigenvalue weighted by Crippen LogP contribution is -2.41. The van der Waals surface area contributed by atoms with Crippen LogP contribution in [0.2, 0.25) is 0 Å². The molecule has 216 valence electrons. The lowest BCUT2D eigenvalue weighted by Gasteiger charge is -2.33. The summed E-state index contributed by atoms with van der Waals surface area (Å²) in [5.74, 6) is 1.34. The smallest absolute Gasteiger partial charge is 0.283 e. The fourth-order valence-electron chi connectivity index (χ4n) is 4.57. The van der Waals surface area contributed by atoms with Crippen LogP contribution in [0.1, 0.15) is 38.1 Å². The summed E-state index contributed by atoms with van der Waals surface area (Å²) in [5.41, 5.74) is 2.60. The monoisotopic (exact) mass is 579 g/mol. The molecular weight excluding hydrogens is 546 g/mol. The average Bonchev–Trinajstić information content (AvgIpc) is 3.33. The first kappa shape index (κ1) is 29.6. The molecule has 2 N–H and O–H groups in total. The van der Waals surface area contributed by atoms with Gasteiger partial charge in [0.1, 0.15) is 24.0 Å². The molecule has 0 spiro atoms. The normalized spacial score (nSPS) is 13.7. The number of anilines is 2. The van der Waals surface area contributed by atoms with Crippen LogP contribution in [-0.4, -0.2) is 53.1 Å². The number of amides is 1. The summed E-state index contributed by atoms with van der Waals surface area (Å²) < 4.78 is 41.6. The number of primary sulfonamides is 1. The molecule has 12 heteroatoms. The molecule has 0 bridgehead atoms. The number of hydrogen-bond acceptors (Lipinski definition) is 9. The minimum Gasteiger partial charge on any atom is -0.495 e. The van der Waals surface area contributed by atoms with Crippen molar-refractivity contribution in [3.8, 4) is 22.6 Å². The molecule has 0 aromatic heterocycles. The molecule has 0 aliphatic carbocycles. The maximum atomic E-state index is 13.1. The van der Waals surface area contributed by atoms with Gasteiger partial charge in [-0.1, -0.05) is 24.3 Å². The van der Waals surface area contributed by atoms with Gasteiger partial charge in [-0.25, -0.2) is 23.6 Å². The van der Waals surface area contributed by atoms with Crippen molar-refractivity contribution >= 4 is 39.0 Å². The summed E-state index contributed by atoms with van der Waals surface area (Å²) in [5, 5.41) is 9.22. The lowest BCUT2D eigenvalue weighted by molar-refractivity contribution is 0.0996. The topological polar surface area (TPSA) is 136 Å². The van der Waals surface area contributed by atoms with Gasteiger partial charge >= 0.3 is 0 Å². The fraction of sp³-hybridized carbons (Fsp3) is 0.276. The number of aliphatic imine (C=N–C) groups is 2. The molecule has 0 fully saturated rings.